The first kappa shape index (κ1) is 44.5. The van der Waals surface area contributed by atoms with E-state index >= 15 is 0 Å². The van der Waals surface area contributed by atoms with E-state index in [1.165, 1.54) is 4.90 Å². The number of benzene rings is 1. The lowest BCUT2D eigenvalue weighted by Crippen LogP contribution is -2.50. The molecule has 3 rings (SSSR count). The number of likely N-dealkylation sites (tertiary alicyclic amines) is 2. The predicted octanol–water partition coefficient (Wildman–Crippen LogP) is 4.27. The van der Waals surface area contributed by atoms with Gasteiger partial charge in [-0.3, -0.25) is 14.4 Å². The van der Waals surface area contributed by atoms with E-state index in [1.54, 1.807) is 37.8 Å². The molecule has 2 atom stereocenters. The lowest BCUT2D eigenvalue weighted by molar-refractivity contribution is -0.145. The minimum Gasteiger partial charge on any atom is -0.465 e. The van der Waals surface area contributed by atoms with Crippen LogP contribution in [0.2, 0.25) is 0 Å². The topological polar surface area (TPSA) is 201 Å². The lowest BCUT2D eigenvalue weighted by Gasteiger charge is -2.34. The van der Waals surface area contributed by atoms with Crippen LogP contribution >= 0.6 is 0 Å². The Hall–Kier alpha value is -3.92. The first-order valence-corrected chi connectivity index (χ1v) is 20.5. The van der Waals surface area contributed by atoms with E-state index in [4.69, 9.17) is 9.47 Å². The van der Waals surface area contributed by atoms with Gasteiger partial charge in [0.1, 0.15) is 11.6 Å². The number of carbonyl (C=O) groups is 5. The van der Waals surface area contributed by atoms with Crippen LogP contribution in [0.15, 0.2) is 17.0 Å². The van der Waals surface area contributed by atoms with Crippen LogP contribution < -0.4 is 15.4 Å². The van der Waals surface area contributed by atoms with Crippen molar-refractivity contribution in [3.05, 3.63) is 28.8 Å². The number of piperidine rings is 2. The lowest BCUT2D eigenvalue weighted by atomic mass is 9.84. The van der Waals surface area contributed by atoms with E-state index in [0.29, 0.717) is 56.1 Å². The van der Waals surface area contributed by atoms with Gasteiger partial charge in [0.05, 0.1) is 18.0 Å². The number of esters is 1. The Kier molecular flexibility index (Phi) is 16.6. The number of ether oxygens (including phenoxy) is 2. The summed E-state index contributed by atoms with van der Waals surface area (Å²) in [5.41, 5.74) is 1.35. The second-order valence-corrected chi connectivity index (χ2v) is 17.3. The van der Waals surface area contributed by atoms with Crippen LogP contribution in [0.25, 0.3) is 0 Å². The van der Waals surface area contributed by atoms with Crippen LogP contribution in [0.4, 0.5) is 9.59 Å². The number of carboxylic acid groups (broad SMARTS) is 1. The van der Waals surface area contributed by atoms with Crippen LogP contribution in [-0.2, 0) is 33.9 Å². The van der Waals surface area contributed by atoms with E-state index in [2.05, 4.69) is 15.4 Å². The smallest absolute Gasteiger partial charge is 0.410 e. The summed E-state index contributed by atoms with van der Waals surface area (Å²) in [5.74, 6) is -1.52. The van der Waals surface area contributed by atoms with Crippen molar-refractivity contribution in [3.8, 4) is 0 Å². The van der Waals surface area contributed by atoms with E-state index in [9.17, 15) is 37.5 Å². The molecule has 2 aliphatic rings. The van der Waals surface area contributed by atoms with Crippen LogP contribution in [0.1, 0.15) is 95.8 Å². The minimum atomic E-state index is -4.17. The highest BCUT2D eigenvalue weighted by atomic mass is 32.2. The van der Waals surface area contributed by atoms with Crippen molar-refractivity contribution in [2.24, 2.45) is 17.8 Å². The van der Waals surface area contributed by atoms with E-state index in [1.807, 2.05) is 27.7 Å². The van der Waals surface area contributed by atoms with Gasteiger partial charge in [-0.15, -0.1) is 0 Å². The summed E-state index contributed by atoms with van der Waals surface area (Å²) in [6.07, 6.45) is 4.45. The molecule has 2 heterocycles. The Morgan fingerprint density at radius 2 is 1.39 bits per heavy atom. The number of rotatable bonds is 16. The predicted molar refractivity (Wildman–Crippen MR) is 202 cm³/mol. The zero-order valence-electron chi connectivity index (χ0n) is 33.0. The normalized spacial score (nSPS) is 17.0. The van der Waals surface area contributed by atoms with Crippen molar-refractivity contribution < 1.29 is 47.0 Å². The van der Waals surface area contributed by atoms with E-state index in [-0.39, 0.29) is 41.9 Å². The molecule has 0 radical (unpaired) electrons. The average Bonchev–Trinajstić information content (AvgIpc) is 3.08. The molecule has 1 aromatic rings. The zero-order valence-corrected chi connectivity index (χ0v) is 33.8. The molecule has 0 spiro atoms. The monoisotopic (exact) mass is 779 g/mol. The SMILES string of the molecule is CCOC(=O)[C@H](CNC(=O)CNC(=O)C(CCC1CCN(C(=O)O)CC1)CCC1CCN(C(=O)OC(C)(C)C)CC1)NS(=O)(=O)c1c(C)cc(C)cc1C. The molecule has 0 bridgehead atoms. The average molecular weight is 780 g/mol. The molecule has 0 aliphatic carbocycles. The van der Waals surface area contributed by atoms with Gasteiger partial charge in [0.15, 0.2) is 0 Å². The summed E-state index contributed by atoms with van der Waals surface area (Å²) in [7, 11) is -4.17. The Morgan fingerprint density at radius 1 is 0.870 bits per heavy atom. The molecule has 4 amide bonds. The van der Waals surface area contributed by atoms with Crippen molar-refractivity contribution in [1.29, 1.82) is 0 Å². The second kappa shape index (κ2) is 20.1. The van der Waals surface area contributed by atoms with Gasteiger partial charge in [0.2, 0.25) is 21.8 Å². The van der Waals surface area contributed by atoms with Crippen molar-refractivity contribution in [1.82, 2.24) is 25.2 Å². The number of nitrogens with one attached hydrogen (secondary N) is 3. The molecular weight excluding hydrogens is 719 g/mol. The molecule has 1 aromatic carbocycles. The molecule has 15 nitrogen and oxygen atoms in total. The van der Waals surface area contributed by atoms with Crippen molar-refractivity contribution >= 4 is 40.0 Å². The molecule has 1 unspecified atom stereocenters. The Labute approximate surface area is 320 Å². The number of nitrogens with zero attached hydrogens (tertiary/aromatic N) is 2. The van der Waals surface area contributed by atoms with Crippen LogP contribution in [-0.4, -0.2) is 111 Å². The van der Waals surface area contributed by atoms with Gasteiger partial charge < -0.3 is 35.0 Å². The minimum absolute atomic E-state index is 0.00651. The fourth-order valence-electron chi connectivity index (χ4n) is 7.27. The second-order valence-electron chi connectivity index (χ2n) is 15.7. The van der Waals surface area contributed by atoms with Gasteiger partial charge in [-0.2, -0.15) is 4.72 Å². The highest BCUT2D eigenvalue weighted by Gasteiger charge is 2.31. The molecule has 2 fully saturated rings. The third-order valence-electron chi connectivity index (χ3n) is 10.0. The van der Waals surface area contributed by atoms with Gasteiger partial charge in [-0.1, -0.05) is 17.7 Å². The maximum absolute atomic E-state index is 13.6. The first-order chi connectivity index (χ1) is 25.3. The third kappa shape index (κ3) is 14.1. The summed E-state index contributed by atoms with van der Waals surface area (Å²) in [6.45, 7) is 13.6. The molecule has 4 N–H and O–H groups in total. The van der Waals surface area contributed by atoms with Gasteiger partial charge >= 0.3 is 18.2 Å². The number of hydrogen-bond acceptors (Lipinski definition) is 9. The highest BCUT2D eigenvalue weighted by molar-refractivity contribution is 7.89. The van der Waals surface area contributed by atoms with E-state index in [0.717, 1.165) is 44.1 Å². The third-order valence-corrected chi connectivity index (χ3v) is 11.8. The molecule has 2 saturated heterocycles. The number of amides is 4. The van der Waals surface area contributed by atoms with Crippen molar-refractivity contribution in [2.45, 2.75) is 116 Å². The van der Waals surface area contributed by atoms with Crippen molar-refractivity contribution in [3.63, 3.8) is 0 Å². The molecular formula is C38H61N5O10S. The maximum atomic E-state index is 13.6. The Bertz CT molecular complexity index is 1560. The standard InChI is InChI=1S/C38H61N5O10S/c1-8-52-35(46)31(41-54(50,51)33-26(3)21-25(2)22-27(33)4)23-39-32(44)24-40-34(45)30(11-9-28-13-17-42(18-14-28)36(47)48)12-10-29-15-19-43(20-16-29)37(49)53-38(5,6)7/h21-22,28-31,41H,8-20,23-24H2,1-7H3,(H,39,44)(H,40,45)(H,47,48)/t30?,31-/m0/s1. The van der Waals surface area contributed by atoms with Crippen LogP contribution in [0.3, 0.4) is 0 Å². The number of aryl methyl sites for hydroxylation is 3. The molecule has 54 heavy (non-hydrogen) atoms. The van der Waals surface area contributed by atoms with Crippen LogP contribution in [0.5, 0.6) is 0 Å². The highest BCUT2D eigenvalue weighted by Crippen LogP contribution is 2.30. The fraction of sp³-hybridized carbons (Fsp3) is 0.711. The van der Waals surface area contributed by atoms with Gasteiger partial charge in [0.25, 0.3) is 0 Å². The van der Waals surface area contributed by atoms with E-state index < -0.39 is 46.2 Å². The quantitative estimate of drug-likeness (QED) is 0.176. The zero-order chi connectivity index (χ0) is 40.2. The summed E-state index contributed by atoms with van der Waals surface area (Å²) in [5, 5.41) is 14.6. The Morgan fingerprint density at radius 3 is 1.87 bits per heavy atom. The van der Waals surface area contributed by atoms with Gasteiger partial charge in [-0.05, 0) is 123 Å². The molecule has 0 saturated carbocycles. The maximum Gasteiger partial charge on any atom is 0.410 e. The van der Waals surface area contributed by atoms with Crippen molar-refractivity contribution in [2.75, 3.05) is 45.9 Å². The number of sulfonamides is 1. The molecule has 16 heteroatoms. The largest absolute Gasteiger partial charge is 0.465 e. The van der Waals surface area contributed by atoms with Gasteiger partial charge in [-0.25, -0.2) is 18.0 Å². The van der Waals surface area contributed by atoms with Crippen LogP contribution in [0, 0.1) is 38.5 Å². The fourth-order valence-corrected chi connectivity index (χ4v) is 8.90. The summed E-state index contributed by atoms with van der Waals surface area (Å²) >= 11 is 0. The van der Waals surface area contributed by atoms with Gasteiger partial charge in [0, 0.05) is 38.6 Å². The first-order valence-electron chi connectivity index (χ1n) is 19.1. The summed E-state index contributed by atoms with van der Waals surface area (Å²) < 4.78 is 39.8. The summed E-state index contributed by atoms with van der Waals surface area (Å²) in [6, 6.07) is 2.06. The summed E-state index contributed by atoms with van der Waals surface area (Å²) in [4.78, 5) is 66.4. The molecule has 2 aliphatic heterocycles. The number of carbonyl (C=O) groups excluding carboxylic acids is 4. The number of hydrogen-bond donors (Lipinski definition) is 4. The molecule has 0 aromatic heterocycles. The Balaban J connectivity index is 1.59. The molecule has 304 valence electrons.